The van der Waals surface area contributed by atoms with Gasteiger partial charge >= 0.3 is 6.18 Å². The topological polar surface area (TPSA) is 87.3 Å². The molecule has 0 spiro atoms. The van der Waals surface area contributed by atoms with Gasteiger partial charge in [0.2, 0.25) is 5.91 Å². The second-order valence-electron chi connectivity index (χ2n) is 10.1. The zero-order chi connectivity index (χ0) is 29.6. The molecular weight excluding hydrogens is 546 g/mol. The number of anilines is 1. The Morgan fingerprint density at radius 2 is 1.38 bits per heavy atom. The van der Waals surface area contributed by atoms with Gasteiger partial charge in [-0.25, -0.2) is 12.8 Å². The second-order valence-corrected chi connectivity index (χ2v) is 12.1. The second kappa shape index (κ2) is 12.8. The van der Waals surface area contributed by atoms with Crippen molar-refractivity contribution in [3.05, 3.63) is 84.4 Å². The van der Waals surface area contributed by atoms with Crippen LogP contribution in [-0.2, 0) is 14.6 Å². The summed E-state index contributed by atoms with van der Waals surface area (Å²) in [7, 11) is -3.38. The molecule has 1 amide bonds. The molecule has 0 radical (unpaired) electrons. The van der Waals surface area contributed by atoms with Gasteiger partial charge in [0.1, 0.15) is 11.7 Å². The van der Waals surface area contributed by atoms with Crippen molar-refractivity contribution < 1.29 is 30.8 Å². The zero-order valence-electron chi connectivity index (χ0n) is 22.4. The van der Waals surface area contributed by atoms with Crippen LogP contribution in [0.2, 0.25) is 0 Å². The SMILES string of the molecule is CC(C)(F)CC(NC(c1ccc(-c2ccc(S(C)(=O)=O)cc2)cc1)C(F)(F)F)C(=O)NCCNc1ccccc1. The number of sulfone groups is 1. The van der Waals surface area contributed by atoms with E-state index >= 15 is 0 Å². The third-order valence-electron chi connectivity index (χ3n) is 6.09. The van der Waals surface area contributed by atoms with Crippen molar-refractivity contribution in [2.75, 3.05) is 24.7 Å². The molecule has 0 heterocycles. The molecule has 0 saturated heterocycles. The van der Waals surface area contributed by atoms with E-state index in [0.717, 1.165) is 11.9 Å². The van der Waals surface area contributed by atoms with Crippen molar-refractivity contribution in [2.24, 2.45) is 0 Å². The first-order valence-corrected chi connectivity index (χ1v) is 14.5. The highest BCUT2D eigenvalue weighted by Gasteiger charge is 2.43. The first-order chi connectivity index (χ1) is 18.6. The smallest absolute Gasteiger partial charge is 0.383 e. The van der Waals surface area contributed by atoms with Gasteiger partial charge in [-0.2, -0.15) is 13.2 Å². The number of nitrogens with one attached hydrogen (secondary N) is 3. The average Bonchev–Trinajstić information content (AvgIpc) is 2.88. The monoisotopic (exact) mass is 579 g/mol. The van der Waals surface area contributed by atoms with Crippen LogP contribution in [0.1, 0.15) is 31.9 Å². The van der Waals surface area contributed by atoms with Gasteiger partial charge in [0, 0.05) is 31.5 Å². The Morgan fingerprint density at radius 3 is 1.88 bits per heavy atom. The lowest BCUT2D eigenvalue weighted by Gasteiger charge is -2.30. The van der Waals surface area contributed by atoms with Crippen molar-refractivity contribution in [1.82, 2.24) is 10.6 Å². The summed E-state index contributed by atoms with van der Waals surface area (Å²) in [5.41, 5.74) is -0.0339. The van der Waals surface area contributed by atoms with Crippen molar-refractivity contribution in [3.8, 4) is 11.1 Å². The summed E-state index contributed by atoms with van der Waals surface area (Å²) < 4.78 is 80.5. The maximum absolute atomic E-state index is 14.5. The molecule has 3 aromatic rings. The van der Waals surface area contributed by atoms with Crippen molar-refractivity contribution in [2.45, 2.75) is 49.1 Å². The molecule has 216 valence electrons. The van der Waals surface area contributed by atoms with E-state index in [1.807, 2.05) is 30.3 Å². The molecule has 0 fully saturated rings. The lowest BCUT2D eigenvalue weighted by atomic mass is 9.96. The molecule has 0 aliphatic rings. The van der Waals surface area contributed by atoms with Crippen LogP contribution in [0, 0.1) is 0 Å². The van der Waals surface area contributed by atoms with Crippen LogP contribution >= 0.6 is 0 Å². The first-order valence-electron chi connectivity index (χ1n) is 12.6. The van der Waals surface area contributed by atoms with E-state index in [2.05, 4.69) is 16.0 Å². The Bertz CT molecular complexity index is 1360. The summed E-state index contributed by atoms with van der Waals surface area (Å²) in [6.07, 6.45) is -4.16. The number of benzene rings is 3. The minimum atomic E-state index is -4.77. The third kappa shape index (κ3) is 9.34. The molecule has 2 atom stereocenters. The summed E-state index contributed by atoms with van der Waals surface area (Å²) in [5, 5.41) is 8.02. The van der Waals surface area contributed by atoms with Crippen LogP contribution in [0.15, 0.2) is 83.8 Å². The molecule has 3 rings (SSSR count). The van der Waals surface area contributed by atoms with Crippen LogP contribution in [0.3, 0.4) is 0 Å². The number of amides is 1. The number of carbonyl (C=O) groups excluding carboxylic acids is 1. The molecule has 0 aliphatic carbocycles. The van der Waals surface area contributed by atoms with E-state index in [4.69, 9.17) is 0 Å². The largest absolute Gasteiger partial charge is 0.407 e. The molecule has 0 saturated carbocycles. The number of para-hydroxylation sites is 1. The minimum absolute atomic E-state index is 0.127. The molecule has 0 aliphatic heterocycles. The van der Waals surface area contributed by atoms with Crippen LogP contribution in [0.25, 0.3) is 11.1 Å². The molecule has 40 heavy (non-hydrogen) atoms. The average molecular weight is 580 g/mol. The van der Waals surface area contributed by atoms with Crippen molar-refractivity contribution >= 4 is 21.4 Å². The molecule has 2 unspecified atom stereocenters. The van der Waals surface area contributed by atoms with Crippen LogP contribution in [0.5, 0.6) is 0 Å². The number of alkyl halides is 4. The predicted octanol–water partition coefficient (Wildman–Crippen LogP) is 5.69. The van der Waals surface area contributed by atoms with E-state index in [0.29, 0.717) is 17.7 Å². The van der Waals surface area contributed by atoms with E-state index in [-0.39, 0.29) is 17.0 Å². The summed E-state index contributed by atoms with van der Waals surface area (Å²) in [6.45, 7) is 2.87. The molecule has 6 nitrogen and oxygen atoms in total. The molecule has 11 heteroatoms. The minimum Gasteiger partial charge on any atom is -0.383 e. The van der Waals surface area contributed by atoms with Gasteiger partial charge in [0.05, 0.1) is 10.9 Å². The van der Waals surface area contributed by atoms with E-state index in [1.54, 1.807) is 12.1 Å². The highest BCUT2D eigenvalue weighted by Crippen LogP contribution is 2.35. The van der Waals surface area contributed by atoms with Gasteiger partial charge < -0.3 is 10.6 Å². The standard InChI is InChI=1S/C29H33F4N3O3S/c1-28(2,30)19-25(27(37)35-18-17-34-23-7-5-4-6-8-23)36-26(29(31,32)33)22-11-9-20(10-12-22)21-13-15-24(16-14-21)40(3,38)39/h4-16,25-26,34,36H,17-19H2,1-3H3,(H,35,37). The highest BCUT2D eigenvalue weighted by molar-refractivity contribution is 7.90. The molecule has 0 bridgehead atoms. The number of halogens is 4. The fourth-order valence-electron chi connectivity index (χ4n) is 4.13. The summed E-state index contributed by atoms with van der Waals surface area (Å²) >= 11 is 0. The Labute approximate surface area is 232 Å². The normalized spacial score (nSPS) is 13.9. The van der Waals surface area contributed by atoms with Gasteiger partial charge in [-0.3, -0.25) is 10.1 Å². The summed E-state index contributed by atoms with van der Waals surface area (Å²) in [6, 6.07) is 17.0. The number of hydrogen-bond donors (Lipinski definition) is 3. The zero-order valence-corrected chi connectivity index (χ0v) is 23.2. The first kappa shape index (κ1) is 31.1. The van der Waals surface area contributed by atoms with Crippen molar-refractivity contribution in [1.29, 1.82) is 0 Å². The number of rotatable bonds is 12. The number of carbonyl (C=O) groups is 1. The lowest BCUT2D eigenvalue weighted by Crippen LogP contribution is -2.51. The lowest BCUT2D eigenvalue weighted by molar-refractivity contribution is -0.161. The van der Waals surface area contributed by atoms with Gasteiger partial charge in [-0.1, -0.05) is 54.6 Å². The van der Waals surface area contributed by atoms with Crippen LogP contribution < -0.4 is 16.0 Å². The maximum Gasteiger partial charge on any atom is 0.407 e. The quantitative estimate of drug-likeness (QED) is 0.190. The predicted molar refractivity (Wildman–Crippen MR) is 148 cm³/mol. The van der Waals surface area contributed by atoms with Crippen LogP contribution in [-0.4, -0.2) is 51.6 Å². The van der Waals surface area contributed by atoms with E-state index in [9.17, 15) is 30.8 Å². The summed E-state index contributed by atoms with van der Waals surface area (Å²) in [4.78, 5) is 13.0. The maximum atomic E-state index is 14.5. The fourth-order valence-corrected chi connectivity index (χ4v) is 4.76. The Morgan fingerprint density at radius 1 is 0.825 bits per heavy atom. The van der Waals surface area contributed by atoms with Gasteiger partial charge in [-0.15, -0.1) is 0 Å². The van der Waals surface area contributed by atoms with Crippen LogP contribution in [0.4, 0.5) is 23.2 Å². The fraction of sp³-hybridized carbons (Fsp3) is 0.345. The molecule has 3 N–H and O–H groups in total. The van der Waals surface area contributed by atoms with Crippen molar-refractivity contribution in [3.63, 3.8) is 0 Å². The number of hydrogen-bond acceptors (Lipinski definition) is 5. The highest BCUT2D eigenvalue weighted by atomic mass is 32.2. The Kier molecular flexibility index (Phi) is 9.96. The van der Waals surface area contributed by atoms with E-state index < -0.39 is 46.1 Å². The Hall–Kier alpha value is -3.44. The van der Waals surface area contributed by atoms with Gasteiger partial charge in [-0.05, 0) is 54.8 Å². The molecule has 0 aromatic heterocycles. The summed E-state index contributed by atoms with van der Waals surface area (Å²) in [5.74, 6) is -0.738. The van der Waals surface area contributed by atoms with E-state index in [1.165, 1.54) is 50.2 Å². The molecular formula is C29H33F4N3O3S. The van der Waals surface area contributed by atoms with Gasteiger partial charge in [0.25, 0.3) is 0 Å². The third-order valence-corrected chi connectivity index (χ3v) is 7.22. The molecule has 3 aromatic carbocycles. The van der Waals surface area contributed by atoms with Gasteiger partial charge in [0.15, 0.2) is 9.84 Å². The Balaban J connectivity index is 1.75.